The Morgan fingerprint density at radius 2 is 1.74 bits per heavy atom. The van der Waals surface area contributed by atoms with Gasteiger partial charge in [-0.3, -0.25) is 9.59 Å². The van der Waals surface area contributed by atoms with Crippen LogP contribution in [0.5, 0.6) is 0 Å². The smallest absolute Gasteiger partial charge is 0.343 e. The number of fused-ring (bicyclic) bond motifs is 1. The predicted octanol–water partition coefficient (Wildman–Crippen LogP) is 2.10. The third-order valence-corrected chi connectivity index (χ3v) is 4.52. The van der Waals surface area contributed by atoms with Crippen molar-refractivity contribution in [3.8, 4) is 0 Å². The van der Waals surface area contributed by atoms with Gasteiger partial charge < -0.3 is 9.57 Å². The molecule has 3 rings (SSSR count). The third kappa shape index (κ3) is 3.82. The topological polar surface area (TPSA) is 103 Å². The Morgan fingerprint density at radius 3 is 2.37 bits per heavy atom. The Labute approximate surface area is 158 Å². The van der Waals surface area contributed by atoms with Crippen molar-refractivity contribution in [2.24, 2.45) is 0 Å². The van der Waals surface area contributed by atoms with Crippen molar-refractivity contribution in [2.75, 3.05) is 12.4 Å². The minimum absolute atomic E-state index is 0.178. The highest BCUT2D eigenvalue weighted by molar-refractivity contribution is 8.00. The van der Waals surface area contributed by atoms with Crippen molar-refractivity contribution in [3.63, 3.8) is 0 Å². The van der Waals surface area contributed by atoms with Gasteiger partial charge in [0, 0.05) is 6.20 Å². The van der Waals surface area contributed by atoms with E-state index in [4.69, 9.17) is 9.57 Å². The van der Waals surface area contributed by atoms with E-state index in [0.29, 0.717) is 5.06 Å². The van der Waals surface area contributed by atoms with Crippen LogP contribution in [-0.2, 0) is 14.4 Å². The van der Waals surface area contributed by atoms with Crippen LogP contribution < -0.4 is 0 Å². The zero-order valence-corrected chi connectivity index (χ0v) is 15.0. The maximum absolute atomic E-state index is 12.2. The number of carbonyl (C=O) groups is 4. The highest BCUT2D eigenvalue weighted by Gasteiger charge is 2.38. The van der Waals surface area contributed by atoms with Crippen LogP contribution in [0, 0.1) is 0 Å². The predicted molar refractivity (Wildman–Crippen MR) is 94.0 cm³/mol. The van der Waals surface area contributed by atoms with Gasteiger partial charge in [0.15, 0.2) is 0 Å². The average Bonchev–Trinajstić information content (AvgIpc) is 2.92. The van der Waals surface area contributed by atoms with Crippen LogP contribution in [0.4, 0.5) is 0 Å². The normalized spacial score (nSPS) is 12.7. The summed E-state index contributed by atoms with van der Waals surface area (Å²) in [5, 5.41) is 0.730. The molecule has 1 aliphatic rings. The standard InChI is InChI=1S/C18H14N2O6S/c1-2-25-18(24)13-8-5-9-19-15(13)27-10-14(21)26-20-16(22)11-6-3-4-7-12(11)17(20)23/h3-9H,2,10H2,1H3. The molecule has 0 fully saturated rings. The van der Waals surface area contributed by atoms with E-state index >= 15 is 0 Å². The number of hydrogen-bond donors (Lipinski definition) is 0. The van der Waals surface area contributed by atoms with Crippen LogP contribution in [0.3, 0.4) is 0 Å². The summed E-state index contributed by atoms with van der Waals surface area (Å²) in [5.41, 5.74) is 0.576. The molecule has 1 aliphatic heterocycles. The molecule has 2 heterocycles. The Hall–Kier alpha value is -3.20. The fourth-order valence-corrected chi connectivity index (χ4v) is 3.13. The second-order valence-corrected chi connectivity index (χ2v) is 6.24. The highest BCUT2D eigenvalue weighted by atomic mass is 32.2. The van der Waals surface area contributed by atoms with Crippen molar-refractivity contribution in [2.45, 2.75) is 11.9 Å². The number of ether oxygens (including phenoxy) is 1. The molecule has 138 valence electrons. The van der Waals surface area contributed by atoms with Crippen LogP contribution in [-0.4, -0.2) is 46.2 Å². The van der Waals surface area contributed by atoms with E-state index in [2.05, 4.69) is 4.98 Å². The molecule has 1 aromatic carbocycles. The summed E-state index contributed by atoms with van der Waals surface area (Å²) in [6.07, 6.45) is 1.47. The number of hydroxylamine groups is 2. The molecule has 8 nitrogen and oxygen atoms in total. The first-order chi connectivity index (χ1) is 13.0. The maximum atomic E-state index is 12.2. The van der Waals surface area contributed by atoms with Gasteiger partial charge in [-0.2, -0.15) is 0 Å². The van der Waals surface area contributed by atoms with E-state index in [0.717, 1.165) is 11.8 Å². The average molecular weight is 386 g/mol. The number of imide groups is 1. The largest absolute Gasteiger partial charge is 0.462 e. The minimum atomic E-state index is -0.824. The van der Waals surface area contributed by atoms with Gasteiger partial charge in [0.05, 0.1) is 23.3 Å². The van der Waals surface area contributed by atoms with Gasteiger partial charge in [0.2, 0.25) is 0 Å². The number of carbonyl (C=O) groups excluding carboxylic acids is 4. The van der Waals surface area contributed by atoms with Gasteiger partial charge >= 0.3 is 11.9 Å². The molecule has 0 radical (unpaired) electrons. The fourth-order valence-electron chi connectivity index (χ4n) is 2.38. The van der Waals surface area contributed by atoms with Crippen molar-refractivity contribution in [1.29, 1.82) is 0 Å². The summed E-state index contributed by atoms with van der Waals surface area (Å²) >= 11 is 0.943. The zero-order valence-electron chi connectivity index (χ0n) is 14.2. The van der Waals surface area contributed by atoms with Crippen molar-refractivity contribution in [1.82, 2.24) is 10.0 Å². The first-order valence-electron chi connectivity index (χ1n) is 7.96. The third-order valence-electron chi connectivity index (χ3n) is 3.54. The monoisotopic (exact) mass is 386 g/mol. The molecule has 0 unspecified atom stereocenters. The van der Waals surface area contributed by atoms with Crippen molar-refractivity contribution in [3.05, 3.63) is 59.3 Å². The first kappa shape index (κ1) is 18.6. The molecule has 2 aromatic rings. The quantitative estimate of drug-likeness (QED) is 0.422. The minimum Gasteiger partial charge on any atom is -0.462 e. The van der Waals surface area contributed by atoms with Crippen LogP contribution in [0.25, 0.3) is 0 Å². The highest BCUT2D eigenvalue weighted by Crippen LogP contribution is 2.24. The number of rotatable bonds is 6. The van der Waals surface area contributed by atoms with E-state index in [1.807, 2.05) is 0 Å². The number of esters is 1. The molecule has 0 bridgehead atoms. The van der Waals surface area contributed by atoms with Gasteiger partial charge in [-0.05, 0) is 31.2 Å². The number of pyridine rings is 1. The summed E-state index contributed by atoms with van der Waals surface area (Å²) in [5.74, 6) is -3.02. The number of amides is 2. The Morgan fingerprint density at radius 1 is 1.07 bits per heavy atom. The Balaban J connectivity index is 1.64. The molecule has 0 N–H and O–H groups in total. The molecule has 9 heteroatoms. The first-order valence-corrected chi connectivity index (χ1v) is 8.95. The lowest BCUT2D eigenvalue weighted by Gasteiger charge is -2.12. The van der Waals surface area contributed by atoms with Gasteiger partial charge in [0.25, 0.3) is 11.8 Å². The van der Waals surface area contributed by atoms with Crippen molar-refractivity contribution >= 4 is 35.5 Å². The van der Waals surface area contributed by atoms with E-state index in [-0.39, 0.29) is 34.1 Å². The lowest BCUT2D eigenvalue weighted by molar-refractivity contribution is -0.165. The van der Waals surface area contributed by atoms with Crippen molar-refractivity contribution < 1.29 is 28.8 Å². The summed E-state index contributed by atoms with van der Waals surface area (Å²) in [6.45, 7) is 1.89. The molecule has 0 aliphatic carbocycles. The summed E-state index contributed by atoms with van der Waals surface area (Å²) < 4.78 is 4.94. The van der Waals surface area contributed by atoms with Crippen LogP contribution >= 0.6 is 11.8 Å². The molecule has 0 spiro atoms. The molecule has 0 saturated heterocycles. The number of nitrogens with zero attached hydrogens (tertiary/aromatic N) is 2. The van der Waals surface area contributed by atoms with E-state index < -0.39 is 23.8 Å². The lowest BCUT2D eigenvalue weighted by atomic mass is 10.1. The lowest BCUT2D eigenvalue weighted by Crippen LogP contribution is -2.33. The molecule has 0 atom stereocenters. The zero-order chi connectivity index (χ0) is 19.4. The maximum Gasteiger partial charge on any atom is 0.343 e. The summed E-state index contributed by atoms with van der Waals surface area (Å²) in [6, 6.07) is 9.30. The van der Waals surface area contributed by atoms with Gasteiger partial charge in [-0.15, -0.1) is 0 Å². The van der Waals surface area contributed by atoms with Crippen LogP contribution in [0.1, 0.15) is 38.0 Å². The van der Waals surface area contributed by atoms with E-state index in [1.165, 1.54) is 24.4 Å². The molecular formula is C18H14N2O6S. The summed E-state index contributed by atoms with van der Waals surface area (Å²) in [7, 11) is 0. The molecule has 2 amide bonds. The number of benzene rings is 1. The second kappa shape index (κ2) is 8.00. The van der Waals surface area contributed by atoms with Gasteiger partial charge in [-0.25, -0.2) is 14.6 Å². The molecular weight excluding hydrogens is 372 g/mol. The molecule has 1 aromatic heterocycles. The Kier molecular flexibility index (Phi) is 5.51. The molecule has 27 heavy (non-hydrogen) atoms. The summed E-state index contributed by atoms with van der Waals surface area (Å²) in [4.78, 5) is 57.3. The van der Waals surface area contributed by atoms with E-state index in [9.17, 15) is 19.2 Å². The molecule has 0 saturated carbocycles. The Bertz CT molecular complexity index is 895. The number of thioether (sulfide) groups is 1. The van der Waals surface area contributed by atoms with E-state index in [1.54, 1.807) is 25.1 Å². The number of hydrogen-bond acceptors (Lipinski definition) is 8. The fraction of sp³-hybridized carbons (Fsp3) is 0.167. The second-order valence-electron chi connectivity index (χ2n) is 5.28. The SMILES string of the molecule is CCOC(=O)c1cccnc1SCC(=O)ON1C(=O)c2ccccc2C1=O. The van der Waals surface area contributed by atoms with Crippen LogP contribution in [0.2, 0.25) is 0 Å². The number of aromatic nitrogens is 1. The van der Waals surface area contributed by atoms with Gasteiger partial charge in [-0.1, -0.05) is 29.0 Å². The van der Waals surface area contributed by atoms with Gasteiger partial charge in [0.1, 0.15) is 10.8 Å². The van der Waals surface area contributed by atoms with Crippen LogP contribution in [0.15, 0.2) is 47.6 Å².